The number of carboxylic acid groups (broad SMARTS) is 3. The largest absolute Gasteiger partial charge is 0.511 e. The summed E-state index contributed by atoms with van der Waals surface area (Å²) < 4.78 is 0. The minimum Gasteiger partial charge on any atom is -0.511 e. The van der Waals surface area contributed by atoms with Gasteiger partial charge in [0.15, 0.2) is 0 Å². The Morgan fingerprint density at radius 2 is 1.14 bits per heavy atom. The zero-order chi connectivity index (χ0) is 28.2. The Bertz CT molecular complexity index is 871. The van der Waals surface area contributed by atoms with Crippen LogP contribution >= 0.6 is 0 Å². The Labute approximate surface area is 206 Å². The van der Waals surface area contributed by atoms with Crippen LogP contribution in [0.25, 0.3) is 0 Å². The van der Waals surface area contributed by atoms with Crippen molar-refractivity contribution in [2.45, 2.75) is 70.6 Å². The van der Waals surface area contributed by atoms with Gasteiger partial charge >= 0.3 is 17.9 Å². The van der Waals surface area contributed by atoms with E-state index in [0.717, 1.165) is 6.92 Å². The Balaban J connectivity index is 5.74. The zero-order valence-corrected chi connectivity index (χ0v) is 20.1. The maximum atomic E-state index is 12.9. The average Bonchev–Trinajstić information content (AvgIpc) is 2.71. The van der Waals surface area contributed by atoms with Crippen molar-refractivity contribution in [3.05, 3.63) is 12.3 Å². The van der Waals surface area contributed by atoms with E-state index in [1.165, 1.54) is 13.8 Å². The van der Waals surface area contributed by atoms with Gasteiger partial charge in [0.1, 0.15) is 23.9 Å². The molecule has 0 saturated carbocycles. The molecule has 0 rings (SSSR count). The van der Waals surface area contributed by atoms with Crippen molar-refractivity contribution in [1.29, 1.82) is 0 Å². The second-order valence-electron chi connectivity index (χ2n) is 8.23. The van der Waals surface area contributed by atoms with Crippen LogP contribution in [0.5, 0.6) is 0 Å². The van der Waals surface area contributed by atoms with Crippen LogP contribution in [0.15, 0.2) is 12.3 Å². The second kappa shape index (κ2) is 15.0. The monoisotopic (exact) mass is 516 g/mol. The van der Waals surface area contributed by atoms with Crippen molar-refractivity contribution in [2.24, 2.45) is 5.92 Å². The lowest BCUT2D eigenvalue weighted by Gasteiger charge is -2.27. The van der Waals surface area contributed by atoms with Gasteiger partial charge in [-0.1, -0.05) is 20.4 Å². The molecule has 202 valence electrons. The van der Waals surface area contributed by atoms with Gasteiger partial charge in [0.25, 0.3) is 0 Å². The summed E-state index contributed by atoms with van der Waals surface area (Å²) in [6.07, 6.45) is -2.52. The third-order valence-electron chi connectivity index (χ3n) is 4.70. The molecule has 36 heavy (non-hydrogen) atoms. The number of aliphatic hydroxyl groups excluding tert-OH is 1. The second-order valence-corrected chi connectivity index (χ2v) is 8.23. The van der Waals surface area contributed by atoms with Gasteiger partial charge < -0.3 is 41.7 Å². The molecule has 15 nitrogen and oxygen atoms in total. The number of aliphatic carboxylic acids is 3. The molecule has 0 aliphatic carbocycles. The van der Waals surface area contributed by atoms with Crippen LogP contribution in [0.3, 0.4) is 0 Å². The molecule has 0 aromatic heterocycles. The molecule has 0 aliphatic rings. The number of carbonyl (C=O) groups is 7. The fraction of sp³-hybridized carbons (Fsp3) is 0.571. The summed E-state index contributed by atoms with van der Waals surface area (Å²) in [6, 6.07) is -5.75. The van der Waals surface area contributed by atoms with Crippen molar-refractivity contribution < 1.29 is 54.0 Å². The lowest BCUT2D eigenvalue weighted by Crippen LogP contribution is -2.58. The van der Waals surface area contributed by atoms with E-state index in [-0.39, 0.29) is 0 Å². The number of amides is 4. The number of rotatable bonds is 16. The molecule has 0 unspecified atom stereocenters. The van der Waals surface area contributed by atoms with Crippen LogP contribution in [0, 0.1) is 5.92 Å². The third kappa shape index (κ3) is 12.3. The van der Waals surface area contributed by atoms with Crippen LogP contribution in [0.4, 0.5) is 0 Å². The Hall–Kier alpha value is -4.17. The summed E-state index contributed by atoms with van der Waals surface area (Å²) in [5, 5.41) is 45.4. The SMILES string of the molecule is C=C(O)[C@H](CC(=O)O)NC(=O)[C@@H](NC(=O)[C@H](CCC(=O)O)NC(=O)[C@H](CC(=O)O)NC(C)=O)C(C)C. The lowest BCUT2D eigenvalue weighted by molar-refractivity contribution is -0.141. The van der Waals surface area contributed by atoms with Crippen LogP contribution in [0.1, 0.15) is 46.5 Å². The first-order valence-corrected chi connectivity index (χ1v) is 10.8. The predicted octanol–water partition coefficient (Wildman–Crippen LogP) is -1.51. The van der Waals surface area contributed by atoms with E-state index in [0.29, 0.717) is 0 Å². The van der Waals surface area contributed by atoms with E-state index in [9.17, 15) is 38.7 Å². The van der Waals surface area contributed by atoms with E-state index in [4.69, 9.17) is 15.3 Å². The maximum absolute atomic E-state index is 12.9. The number of hydrogen-bond acceptors (Lipinski definition) is 8. The van der Waals surface area contributed by atoms with Crippen molar-refractivity contribution >= 4 is 41.5 Å². The topological polar surface area (TPSA) is 249 Å². The number of nitrogens with one attached hydrogen (secondary N) is 4. The first-order valence-electron chi connectivity index (χ1n) is 10.8. The number of hydrogen-bond donors (Lipinski definition) is 8. The minimum atomic E-state index is -1.56. The molecule has 0 radical (unpaired) electrons. The van der Waals surface area contributed by atoms with E-state index in [2.05, 4.69) is 27.8 Å². The molecular weight excluding hydrogens is 484 g/mol. The maximum Gasteiger partial charge on any atom is 0.305 e. The van der Waals surface area contributed by atoms with Gasteiger partial charge in [-0.2, -0.15) is 0 Å². The normalized spacial score (nSPS) is 13.9. The smallest absolute Gasteiger partial charge is 0.305 e. The van der Waals surface area contributed by atoms with Gasteiger partial charge in [-0.05, 0) is 12.3 Å². The minimum absolute atomic E-state index is 0.436. The van der Waals surface area contributed by atoms with Crippen LogP contribution in [-0.4, -0.2) is 86.1 Å². The summed E-state index contributed by atoms with van der Waals surface area (Å²) in [5.74, 6) is -8.95. The third-order valence-corrected chi connectivity index (χ3v) is 4.70. The van der Waals surface area contributed by atoms with Crippen molar-refractivity contribution in [3.8, 4) is 0 Å². The first kappa shape index (κ1) is 31.8. The summed E-state index contributed by atoms with van der Waals surface area (Å²) in [4.78, 5) is 82.5. The van der Waals surface area contributed by atoms with Gasteiger partial charge in [0.2, 0.25) is 23.6 Å². The summed E-state index contributed by atoms with van der Waals surface area (Å²) in [6.45, 7) is 7.32. The Morgan fingerprint density at radius 3 is 1.56 bits per heavy atom. The fourth-order valence-corrected chi connectivity index (χ4v) is 2.92. The Kier molecular flexibility index (Phi) is 13.2. The molecule has 4 atom stereocenters. The highest BCUT2D eigenvalue weighted by Crippen LogP contribution is 2.09. The van der Waals surface area contributed by atoms with Crippen LogP contribution < -0.4 is 21.3 Å². The average molecular weight is 517 g/mol. The highest BCUT2D eigenvalue weighted by molar-refractivity contribution is 5.95. The highest BCUT2D eigenvalue weighted by Gasteiger charge is 2.32. The van der Waals surface area contributed by atoms with Gasteiger partial charge in [-0.15, -0.1) is 0 Å². The van der Waals surface area contributed by atoms with Crippen molar-refractivity contribution in [1.82, 2.24) is 21.3 Å². The van der Waals surface area contributed by atoms with E-state index >= 15 is 0 Å². The van der Waals surface area contributed by atoms with E-state index in [1.54, 1.807) is 0 Å². The molecule has 8 N–H and O–H groups in total. The summed E-state index contributed by atoms with van der Waals surface area (Å²) >= 11 is 0. The molecule has 4 amide bonds. The molecule has 0 fully saturated rings. The van der Waals surface area contributed by atoms with Gasteiger partial charge in [-0.25, -0.2) is 0 Å². The fourth-order valence-electron chi connectivity index (χ4n) is 2.92. The van der Waals surface area contributed by atoms with Gasteiger partial charge in [0, 0.05) is 13.3 Å². The molecule has 0 heterocycles. The molecule has 0 aromatic rings. The van der Waals surface area contributed by atoms with Crippen LogP contribution in [0.2, 0.25) is 0 Å². The molecule has 0 aromatic carbocycles. The molecule has 0 bridgehead atoms. The molecule has 0 spiro atoms. The first-order chi connectivity index (χ1) is 16.5. The summed E-state index contributed by atoms with van der Waals surface area (Å²) in [7, 11) is 0. The summed E-state index contributed by atoms with van der Waals surface area (Å²) in [5.41, 5.74) is 0. The number of carboxylic acids is 3. The highest BCUT2D eigenvalue weighted by atomic mass is 16.4. The number of carbonyl (C=O) groups excluding carboxylic acids is 4. The van der Waals surface area contributed by atoms with Crippen LogP contribution in [-0.2, 0) is 33.6 Å². The van der Waals surface area contributed by atoms with Gasteiger partial charge in [-0.3, -0.25) is 33.6 Å². The van der Waals surface area contributed by atoms with E-state index in [1.807, 2.05) is 0 Å². The lowest BCUT2D eigenvalue weighted by atomic mass is 10.0. The Morgan fingerprint density at radius 1 is 0.667 bits per heavy atom. The van der Waals surface area contributed by atoms with Crippen molar-refractivity contribution in [2.75, 3.05) is 0 Å². The molecule has 15 heteroatoms. The molecule has 0 saturated heterocycles. The molecule has 0 aliphatic heterocycles. The molecular formula is C21H32N4O11. The zero-order valence-electron chi connectivity index (χ0n) is 20.1. The standard InChI is InChI=1S/C21H32N4O11/c1-9(2)18(21(36)24-13(10(3)26)7-16(30)31)25-19(34)12(5-6-15(28)29)23-20(35)14(8-17(32)33)22-11(4)27/h9,12-14,18,26H,3,5-8H2,1-2,4H3,(H,22,27)(H,23,35)(H,24,36)(H,25,34)(H,28,29)(H,30,31)(H,32,33)/t12-,13-,14-,18-/m0/s1. The van der Waals surface area contributed by atoms with E-state index < -0.39 is 103 Å². The quantitative estimate of drug-likeness (QED) is 0.109. The predicted molar refractivity (Wildman–Crippen MR) is 121 cm³/mol. The number of aliphatic hydroxyl groups is 1. The van der Waals surface area contributed by atoms with Gasteiger partial charge in [0.05, 0.1) is 18.9 Å². The van der Waals surface area contributed by atoms with Crippen molar-refractivity contribution in [3.63, 3.8) is 0 Å².